The van der Waals surface area contributed by atoms with Gasteiger partial charge in [0.1, 0.15) is 18.2 Å². The van der Waals surface area contributed by atoms with Crippen LogP contribution in [-0.2, 0) is 22.6 Å². The van der Waals surface area contributed by atoms with E-state index in [1.165, 1.54) is 0 Å². The molecule has 1 aliphatic heterocycles. The molecule has 1 amide bonds. The van der Waals surface area contributed by atoms with Crippen LogP contribution in [0.2, 0.25) is 0 Å². The molecule has 0 radical (unpaired) electrons. The van der Waals surface area contributed by atoms with Crippen LogP contribution in [0.25, 0.3) is 0 Å². The fourth-order valence-electron chi connectivity index (χ4n) is 3.30. The summed E-state index contributed by atoms with van der Waals surface area (Å²) in [5.41, 5.74) is 0. The molecule has 136 valence electrons. The van der Waals surface area contributed by atoms with Crippen molar-refractivity contribution in [1.29, 1.82) is 0 Å². The first-order chi connectivity index (χ1) is 12.2. The number of imidazole rings is 1. The number of methoxy groups -OCH3 is 2. The number of hydrogen-bond acceptors (Lipinski definition) is 5. The van der Waals surface area contributed by atoms with Crippen molar-refractivity contribution in [3.8, 4) is 0 Å². The van der Waals surface area contributed by atoms with E-state index in [9.17, 15) is 4.79 Å². The first-order valence-electron chi connectivity index (χ1n) is 8.59. The highest BCUT2D eigenvalue weighted by Crippen LogP contribution is 2.27. The van der Waals surface area contributed by atoms with Gasteiger partial charge in [0.25, 0.3) is 5.91 Å². The molecular weight excluding hydrogens is 322 g/mol. The van der Waals surface area contributed by atoms with Crippen molar-refractivity contribution in [1.82, 2.24) is 14.5 Å². The van der Waals surface area contributed by atoms with Crippen molar-refractivity contribution >= 4 is 5.91 Å². The number of ether oxygens (including phenoxy) is 2. The average Bonchev–Trinajstić information content (AvgIpc) is 3.29. The van der Waals surface area contributed by atoms with Crippen LogP contribution in [0.15, 0.2) is 28.9 Å². The number of nitrogens with zero attached hydrogens (tertiary/aromatic N) is 3. The molecule has 0 saturated carbocycles. The lowest BCUT2D eigenvalue weighted by atomic mass is 9.97. The third kappa shape index (κ3) is 4.11. The first kappa shape index (κ1) is 17.7. The SMILES string of the molecule is COCCn1ccnc1[C@H]1CCCN(C(=O)c2ccc(COC)o2)C1. The molecule has 1 fully saturated rings. The van der Waals surface area contributed by atoms with Gasteiger partial charge < -0.3 is 23.4 Å². The fraction of sp³-hybridized carbons (Fsp3) is 0.556. The Morgan fingerprint density at radius 2 is 2.24 bits per heavy atom. The molecule has 1 saturated heterocycles. The van der Waals surface area contributed by atoms with Crippen LogP contribution in [-0.4, -0.2) is 54.3 Å². The number of carbonyl (C=O) groups is 1. The molecule has 0 aliphatic carbocycles. The monoisotopic (exact) mass is 347 g/mol. The molecule has 3 heterocycles. The number of hydrogen-bond donors (Lipinski definition) is 0. The van der Waals surface area contributed by atoms with E-state index in [-0.39, 0.29) is 11.8 Å². The number of aromatic nitrogens is 2. The lowest BCUT2D eigenvalue weighted by Gasteiger charge is -2.32. The van der Waals surface area contributed by atoms with E-state index in [4.69, 9.17) is 13.9 Å². The summed E-state index contributed by atoms with van der Waals surface area (Å²) in [6.45, 7) is 3.19. The highest BCUT2D eigenvalue weighted by molar-refractivity contribution is 5.91. The van der Waals surface area contributed by atoms with Crippen LogP contribution in [0.3, 0.4) is 0 Å². The zero-order valence-electron chi connectivity index (χ0n) is 14.8. The van der Waals surface area contributed by atoms with Crippen LogP contribution in [0.5, 0.6) is 0 Å². The third-order valence-electron chi connectivity index (χ3n) is 4.52. The van der Waals surface area contributed by atoms with Crippen molar-refractivity contribution in [2.24, 2.45) is 0 Å². The molecule has 0 bridgehead atoms. The predicted molar refractivity (Wildman–Crippen MR) is 91.4 cm³/mol. The van der Waals surface area contributed by atoms with Gasteiger partial charge in [0.05, 0.1) is 6.61 Å². The molecule has 1 aliphatic rings. The Labute approximate surface area is 147 Å². The Hall–Kier alpha value is -2.12. The van der Waals surface area contributed by atoms with Gasteiger partial charge in [-0.15, -0.1) is 0 Å². The zero-order chi connectivity index (χ0) is 17.6. The van der Waals surface area contributed by atoms with Gasteiger partial charge in [0, 0.05) is 52.2 Å². The van der Waals surface area contributed by atoms with Crippen LogP contribution in [0.4, 0.5) is 0 Å². The molecule has 1 atom stereocenters. The van der Waals surface area contributed by atoms with E-state index in [0.29, 0.717) is 31.3 Å². The lowest BCUT2D eigenvalue weighted by Crippen LogP contribution is -2.39. The number of furan rings is 1. The summed E-state index contributed by atoms with van der Waals surface area (Å²) in [5.74, 6) is 2.22. The maximum Gasteiger partial charge on any atom is 0.289 e. The van der Waals surface area contributed by atoms with Gasteiger partial charge in [-0.3, -0.25) is 4.79 Å². The predicted octanol–water partition coefficient (Wildman–Crippen LogP) is 2.29. The number of amides is 1. The van der Waals surface area contributed by atoms with E-state index in [0.717, 1.165) is 31.8 Å². The number of carbonyl (C=O) groups excluding carboxylic acids is 1. The zero-order valence-corrected chi connectivity index (χ0v) is 14.8. The van der Waals surface area contributed by atoms with Crippen molar-refractivity contribution in [3.63, 3.8) is 0 Å². The van der Waals surface area contributed by atoms with Gasteiger partial charge in [0.2, 0.25) is 0 Å². The van der Waals surface area contributed by atoms with E-state index in [1.807, 2.05) is 17.3 Å². The molecule has 7 nitrogen and oxygen atoms in total. The topological polar surface area (TPSA) is 69.7 Å². The first-order valence-corrected chi connectivity index (χ1v) is 8.59. The average molecular weight is 347 g/mol. The van der Waals surface area contributed by atoms with Gasteiger partial charge in [-0.05, 0) is 25.0 Å². The fourth-order valence-corrected chi connectivity index (χ4v) is 3.30. The second-order valence-electron chi connectivity index (χ2n) is 6.26. The van der Waals surface area contributed by atoms with Crippen molar-refractivity contribution in [3.05, 3.63) is 41.9 Å². The van der Waals surface area contributed by atoms with Crippen LogP contribution in [0, 0.1) is 0 Å². The number of rotatable bonds is 7. The number of piperidine rings is 1. The van der Waals surface area contributed by atoms with Crippen molar-refractivity contribution in [2.75, 3.05) is 33.9 Å². The summed E-state index contributed by atoms with van der Waals surface area (Å²) in [4.78, 5) is 19.1. The molecule has 25 heavy (non-hydrogen) atoms. The van der Waals surface area contributed by atoms with E-state index >= 15 is 0 Å². The highest BCUT2D eigenvalue weighted by atomic mass is 16.5. The largest absolute Gasteiger partial charge is 0.453 e. The molecule has 2 aromatic rings. The normalized spacial score (nSPS) is 17.8. The second-order valence-corrected chi connectivity index (χ2v) is 6.26. The lowest BCUT2D eigenvalue weighted by molar-refractivity contribution is 0.0663. The summed E-state index contributed by atoms with van der Waals surface area (Å²) in [6.07, 6.45) is 5.77. The maximum atomic E-state index is 12.7. The standard InChI is InChI=1S/C18H25N3O4/c1-23-11-10-20-9-7-19-17(20)14-4-3-8-21(12-14)18(22)16-6-5-15(25-16)13-24-2/h5-7,9,14H,3-4,8,10-13H2,1-2H3/t14-/m0/s1. The Bertz CT molecular complexity index is 694. The Morgan fingerprint density at radius 1 is 1.36 bits per heavy atom. The molecule has 0 unspecified atom stereocenters. The molecule has 0 aromatic carbocycles. The van der Waals surface area contributed by atoms with Gasteiger partial charge in [0.15, 0.2) is 5.76 Å². The van der Waals surface area contributed by atoms with Crippen LogP contribution < -0.4 is 0 Å². The van der Waals surface area contributed by atoms with E-state index < -0.39 is 0 Å². The Balaban J connectivity index is 1.68. The Kier molecular flexibility index (Phi) is 5.88. The van der Waals surface area contributed by atoms with Gasteiger partial charge in [-0.1, -0.05) is 0 Å². The van der Waals surface area contributed by atoms with E-state index in [1.54, 1.807) is 26.4 Å². The molecular formula is C18H25N3O4. The summed E-state index contributed by atoms with van der Waals surface area (Å²) in [5, 5.41) is 0. The second kappa shape index (κ2) is 8.31. The highest BCUT2D eigenvalue weighted by Gasteiger charge is 2.29. The summed E-state index contributed by atoms with van der Waals surface area (Å²) in [7, 11) is 3.30. The van der Waals surface area contributed by atoms with Gasteiger partial charge in [-0.2, -0.15) is 0 Å². The van der Waals surface area contributed by atoms with Gasteiger partial charge >= 0.3 is 0 Å². The summed E-state index contributed by atoms with van der Waals surface area (Å²) in [6, 6.07) is 3.51. The van der Waals surface area contributed by atoms with Crippen molar-refractivity contribution < 1.29 is 18.7 Å². The molecule has 3 rings (SSSR count). The third-order valence-corrected chi connectivity index (χ3v) is 4.52. The maximum absolute atomic E-state index is 12.7. The smallest absolute Gasteiger partial charge is 0.289 e. The molecule has 2 aromatic heterocycles. The quantitative estimate of drug-likeness (QED) is 0.768. The van der Waals surface area contributed by atoms with E-state index in [2.05, 4.69) is 9.55 Å². The minimum Gasteiger partial charge on any atom is -0.453 e. The molecule has 7 heteroatoms. The molecule has 0 spiro atoms. The van der Waals surface area contributed by atoms with Gasteiger partial charge in [-0.25, -0.2) is 4.98 Å². The minimum absolute atomic E-state index is 0.0675. The summed E-state index contributed by atoms with van der Waals surface area (Å²) < 4.78 is 17.9. The van der Waals surface area contributed by atoms with Crippen LogP contribution >= 0.6 is 0 Å². The summed E-state index contributed by atoms with van der Waals surface area (Å²) >= 11 is 0. The minimum atomic E-state index is -0.0675. The van der Waals surface area contributed by atoms with Crippen LogP contribution in [0.1, 0.15) is 40.9 Å². The number of likely N-dealkylation sites (tertiary alicyclic amines) is 1. The van der Waals surface area contributed by atoms with Crippen molar-refractivity contribution in [2.45, 2.75) is 31.9 Å². The molecule has 0 N–H and O–H groups in total. The Morgan fingerprint density at radius 3 is 3.04 bits per heavy atom.